The van der Waals surface area contributed by atoms with Crippen LogP contribution in [0.1, 0.15) is 37.3 Å². The number of cyclic esters (lactones) is 1. The first-order chi connectivity index (χ1) is 11.2. The van der Waals surface area contributed by atoms with Gasteiger partial charge in [0, 0.05) is 11.0 Å². The molecule has 1 unspecified atom stereocenters. The van der Waals surface area contributed by atoms with Gasteiger partial charge >= 0.3 is 6.09 Å². The minimum absolute atomic E-state index is 0.0705. The highest BCUT2D eigenvalue weighted by Crippen LogP contribution is 2.47. The number of hydrogen-bond donors (Lipinski definition) is 1. The molecule has 2 aromatic carbocycles. The molecule has 0 fully saturated rings. The SMILES string of the molecule is CCC12CCCc3cccc(c31)-c1ccccc1NC(=O)OC2. The van der Waals surface area contributed by atoms with Crippen LogP contribution in [-0.2, 0) is 16.6 Å². The zero-order chi connectivity index (χ0) is 15.9. The van der Waals surface area contributed by atoms with Crippen LogP contribution in [0.25, 0.3) is 11.1 Å². The summed E-state index contributed by atoms with van der Waals surface area (Å²) in [6.07, 6.45) is 3.95. The van der Waals surface area contributed by atoms with Crippen LogP contribution in [0.15, 0.2) is 42.5 Å². The van der Waals surface area contributed by atoms with Gasteiger partial charge in [-0.15, -0.1) is 0 Å². The van der Waals surface area contributed by atoms with E-state index in [1.165, 1.54) is 16.7 Å². The van der Waals surface area contributed by atoms with Crippen molar-refractivity contribution < 1.29 is 9.53 Å². The average molecular weight is 307 g/mol. The van der Waals surface area contributed by atoms with E-state index in [9.17, 15) is 4.79 Å². The van der Waals surface area contributed by atoms with Crippen molar-refractivity contribution in [3.8, 4) is 11.1 Å². The highest BCUT2D eigenvalue weighted by molar-refractivity contribution is 5.93. The lowest BCUT2D eigenvalue weighted by Crippen LogP contribution is -2.36. The van der Waals surface area contributed by atoms with Gasteiger partial charge in [0.25, 0.3) is 0 Å². The molecule has 1 atom stereocenters. The topological polar surface area (TPSA) is 38.3 Å². The van der Waals surface area contributed by atoms with Crippen molar-refractivity contribution in [1.82, 2.24) is 0 Å². The first kappa shape index (κ1) is 14.3. The van der Waals surface area contributed by atoms with Crippen molar-refractivity contribution in [2.24, 2.45) is 0 Å². The number of para-hydroxylation sites is 1. The quantitative estimate of drug-likeness (QED) is 0.813. The van der Waals surface area contributed by atoms with Crippen molar-refractivity contribution in [2.75, 3.05) is 11.9 Å². The van der Waals surface area contributed by atoms with Crippen molar-refractivity contribution in [1.29, 1.82) is 0 Å². The molecule has 1 aliphatic heterocycles. The zero-order valence-corrected chi connectivity index (χ0v) is 13.4. The molecule has 2 aliphatic rings. The van der Waals surface area contributed by atoms with Crippen LogP contribution in [0, 0.1) is 0 Å². The number of anilines is 1. The van der Waals surface area contributed by atoms with Crippen LogP contribution in [0.2, 0.25) is 0 Å². The summed E-state index contributed by atoms with van der Waals surface area (Å²) in [4.78, 5) is 12.2. The fraction of sp³-hybridized carbons (Fsp3) is 0.350. The maximum Gasteiger partial charge on any atom is 0.411 e. The van der Waals surface area contributed by atoms with Crippen LogP contribution < -0.4 is 5.32 Å². The molecule has 1 aliphatic carbocycles. The molecule has 0 radical (unpaired) electrons. The van der Waals surface area contributed by atoms with E-state index in [2.05, 4.69) is 36.5 Å². The minimum Gasteiger partial charge on any atom is -0.448 e. The summed E-state index contributed by atoms with van der Waals surface area (Å²) in [6.45, 7) is 2.66. The summed E-state index contributed by atoms with van der Waals surface area (Å²) >= 11 is 0. The maximum atomic E-state index is 12.2. The van der Waals surface area contributed by atoms with E-state index in [-0.39, 0.29) is 11.5 Å². The van der Waals surface area contributed by atoms with E-state index in [0.29, 0.717) is 6.61 Å². The second kappa shape index (κ2) is 5.41. The molecule has 1 heterocycles. The maximum absolute atomic E-state index is 12.2. The summed E-state index contributed by atoms with van der Waals surface area (Å²) in [5.41, 5.74) is 5.87. The fourth-order valence-electron chi connectivity index (χ4n) is 4.18. The monoisotopic (exact) mass is 307 g/mol. The standard InChI is InChI=1S/C20H21NO2/c1-2-20-12-6-8-14-7-5-10-16(18(14)20)15-9-3-4-11-17(15)21-19(22)23-13-20/h3-5,7,9-11H,2,6,8,12-13H2,1H3,(H,21,22). The van der Waals surface area contributed by atoms with E-state index in [0.717, 1.165) is 36.9 Å². The van der Waals surface area contributed by atoms with Gasteiger partial charge in [-0.2, -0.15) is 0 Å². The van der Waals surface area contributed by atoms with Gasteiger partial charge in [0.1, 0.15) is 6.61 Å². The molecule has 0 saturated heterocycles. The summed E-state index contributed by atoms with van der Waals surface area (Å²) in [7, 11) is 0. The number of benzene rings is 2. The van der Waals surface area contributed by atoms with Gasteiger partial charge in [-0.1, -0.05) is 43.3 Å². The molecule has 0 spiro atoms. The van der Waals surface area contributed by atoms with Crippen LogP contribution in [0.5, 0.6) is 0 Å². The Balaban J connectivity index is 2.04. The van der Waals surface area contributed by atoms with Crippen LogP contribution in [-0.4, -0.2) is 12.7 Å². The molecule has 23 heavy (non-hydrogen) atoms. The van der Waals surface area contributed by atoms with Gasteiger partial charge in [-0.3, -0.25) is 5.32 Å². The van der Waals surface area contributed by atoms with Gasteiger partial charge in [0.05, 0.1) is 5.69 Å². The van der Waals surface area contributed by atoms with E-state index < -0.39 is 0 Å². The summed E-state index contributed by atoms with van der Waals surface area (Å²) in [5, 5.41) is 2.91. The van der Waals surface area contributed by atoms with Gasteiger partial charge in [0.2, 0.25) is 0 Å². The van der Waals surface area contributed by atoms with Crippen LogP contribution in [0.4, 0.5) is 10.5 Å². The van der Waals surface area contributed by atoms with Crippen molar-refractivity contribution in [3.63, 3.8) is 0 Å². The van der Waals surface area contributed by atoms with Gasteiger partial charge in [-0.05, 0) is 48.4 Å². The Labute approximate surface area is 136 Å². The normalized spacial score (nSPS) is 22.6. The Morgan fingerprint density at radius 2 is 1.96 bits per heavy atom. The summed E-state index contributed by atoms with van der Waals surface area (Å²) in [5.74, 6) is 0. The van der Waals surface area contributed by atoms with Crippen molar-refractivity contribution >= 4 is 11.8 Å². The molecular weight excluding hydrogens is 286 g/mol. The third-order valence-electron chi connectivity index (χ3n) is 5.39. The van der Waals surface area contributed by atoms with Gasteiger partial charge in [0.15, 0.2) is 0 Å². The molecule has 118 valence electrons. The molecule has 1 N–H and O–H groups in total. The lowest BCUT2D eigenvalue weighted by molar-refractivity contribution is 0.118. The zero-order valence-electron chi connectivity index (χ0n) is 13.4. The van der Waals surface area contributed by atoms with E-state index in [1.54, 1.807) is 0 Å². The Hall–Kier alpha value is -2.29. The molecule has 0 aromatic heterocycles. The van der Waals surface area contributed by atoms with Gasteiger partial charge < -0.3 is 4.74 Å². The van der Waals surface area contributed by atoms with E-state index >= 15 is 0 Å². The lowest BCUT2D eigenvalue weighted by Gasteiger charge is -2.39. The number of hydrogen-bond acceptors (Lipinski definition) is 2. The minimum atomic E-state index is -0.356. The number of nitrogens with one attached hydrogen (secondary N) is 1. The molecule has 0 bridgehead atoms. The highest BCUT2D eigenvalue weighted by atomic mass is 16.5. The molecule has 1 amide bonds. The predicted octanol–water partition coefficient (Wildman–Crippen LogP) is 4.90. The molecule has 3 nitrogen and oxygen atoms in total. The van der Waals surface area contributed by atoms with Crippen LogP contribution >= 0.6 is 0 Å². The predicted molar refractivity (Wildman–Crippen MR) is 91.8 cm³/mol. The number of carbonyl (C=O) groups is 1. The lowest BCUT2D eigenvalue weighted by atomic mass is 9.66. The molecule has 0 saturated carbocycles. The van der Waals surface area contributed by atoms with Crippen LogP contribution in [0.3, 0.4) is 0 Å². The molecule has 2 aromatic rings. The number of fused-ring (bicyclic) bond motifs is 2. The first-order valence-electron chi connectivity index (χ1n) is 8.39. The second-order valence-electron chi connectivity index (χ2n) is 6.57. The number of ether oxygens (including phenoxy) is 1. The second-order valence-corrected chi connectivity index (χ2v) is 6.57. The third-order valence-corrected chi connectivity index (χ3v) is 5.39. The molecular formula is C20H21NO2. The number of rotatable bonds is 1. The number of amides is 1. The largest absolute Gasteiger partial charge is 0.448 e. The van der Waals surface area contributed by atoms with E-state index in [4.69, 9.17) is 4.74 Å². The smallest absolute Gasteiger partial charge is 0.411 e. The molecule has 4 rings (SSSR count). The van der Waals surface area contributed by atoms with Crippen molar-refractivity contribution in [3.05, 3.63) is 53.6 Å². The fourth-order valence-corrected chi connectivity index (χ4v) is 4.18. The average Bonchev–Trinajstić information content (AvgIpc) is 2.64. The Bertz CT molecular complexity index is 768. The van der Waals surface area contributed by atoms with E-state index in [1.807, 2.05) is 18.2 Å². The Morgan fingerprint density at radius 3 is 2.83 bits per heavy atom. The molecule has 3 heteroatoms. The highest BCUT2D eigenvalue weighted by Gasteiger charge is 2.39. The first-order valence-corrected chi connectivity index (χ1v) is 8.39. The summed E-state index contributed by atoms with van der Waals surface area (Å²) < 4.78 is 5.61. The third kappa shape index (κ3) is 2.23. The number of aryl methyl sites for hydroxylation is 1. The number of carbonyl (C=O) groups excluding carboxylic acids is 1. The van der Waals surface area contributed by atoms with Gasteiger partial charge in [-0.25, -0.2) is 4.79 Å². The summed E-state index contributed by atoms with van der Waals surface area (Å²) in [6, 6.07) is 14.6. The Morgan fingerprint density at radius 1 is 1.13 bits per heavy atom. The Kier molecular flexibility index (Phi) is 3.37. The van der Waals surface area contributed by atoms with Crippen molar-refractivity contribution in [2.45, 2.75) is 38.0 Å².